The van der Waals surface area contributed by atoms with Crippen LogP contribution in [-0.2, 0) is 6.54 Å². The molecule has 3 heteroatoms. The molecular formula is C14H22N2O. The Morgan fingerprint density at radius 2 is 2.12 bits per heavy atom. The van der Waals surface area contributed by atoms with Gasteiger partial charge in [-0.15, -0.1) is 0 Å². The highest BCUT2D eigenvalue weighted by Crippen LogP contribution is 2.12. The van der Waals surface area contributed by atoms with Gasteiger partial charge in [-0.1, -0.05) is 12.1 Å². The number of likely N-dealkylation sites (tertiary alicyclic amines) is 1. The van der Waals surface area contributed by atoms with E-state index in [0.29, 0.717) is 0 Å². The van der Waals surface area contributed by atoms with E-state index in [4.69, 9.17) is 4.74 Å². The van der Waals surface area contributed by atoms with Crippen LogP contribution in [-0.4, -0.2) is 38.2 Å². The zero-order chi connectivity index (χ0) is 11.9. The van der Waals surface area contributed by atoms with Crippen molar-refractivity contribution < 1.29 is 4.74 Å². The van der Waals surface area contributed by atoms with Gasteiger partial charge in [0.2, 0.25) is 0 Å². The van der Waals surface area contributed by atoms with Gasteiger partial charge in [-0.2, -0.15) is 0 Å². The highest BCUT2D eigenvalue weighted by atomic mass is 16.5. The maximum Gasteiger partial charge on any atom is 0.119 e. The molecule has 0 spiro atoms. The molecule has 1 saturated heterocycles. The van der Waals surface area contributed by atoms with Crippen LogP contribution in [0.25, 0.3) is 0 Å². The van der Waals surface area contributed by atoms with Gasteiger partial charge in [0, 0.05) is 19.6 Å². The fourth-order valence-electron chi connectivity index (χ4n) is 2.26. The molecule has 0 saturated carbocycles. The number of rotatable bonds is 6. The third-order valence-corrected chi connectivity index (χ3v) is 3.27. The molecule has 94 valence electrons. The number of ether oxygens (including phenoxy) is 1. The Bertz CT molecular complexity index is 335. The van der Waals surface area contributed by atoms with Crippen LogP contribution in [0.3, 0.4) is 0 Å². The largest absolute Gasteiger partial charge is 0.497 e. The topological polar surface area (TPSA) is 24.5 Å². The molecule has 0 aliphatic carbocycles. The monoisotopic (exact) mass is 234 g/mol. The maximum absolute atomic E-state index is 5.21. The van der Waals surface area contributed by atoms with E-state index in [-0.39, 0.29) is 0 Å². The van der Waals surface area contributed by atoms with Crippen LogP contribution < -0.4 is 10.1 Å². The predicted octanol–water partition coefficient (Wildman–Crippen LogP) is 1.88. The number of hydrogen-bond donors (Lipinski definition) is 1. The van der Waals surface area contributed by atoms with Crippen LogP contribution in [0.5, 0.6) is 5.75 Å². The average Bonchev–Trinajstić information content (AvgIpc) is 2.88. The molecular weight excluding hydrogens is 212 g/mol. The van der Waals surface area contributed by atoms with Crippen molar-refractivity contribution >= 4 is 0 Å². The van der Waals surface area contributed by atoms with E-state index in [9.17, 15) is 0 Å². The van der Waals surface area contributed by atoms with E-state index < -0.39 is 0 Å². The Morgan fingerprint density at radius 3 is 2.88 bits per heavy atom. The van der Waals surface area contributed by atoms with Gasteiger partial charge in [0.15, 0.2) is 0 Å². The zero-order valence-electron chi connectivity index (χ0n) is 10.6. The lowest BCUT2D eigenvalue weighted by molar-refractivity contribution is 0.335. The lowest BCUT2D eigenvalue weighted by atomic mass is 10.2. The number of methoxy groups -OCH3 is 1. The second-order valence-corrected chi connectivity index (χ2v) is 4.58. The summed E-state index contributed by atoms with van der Waals surface area (Å²) in [7, 11) is 1.71. The minimum atomic E-state index is 0.922. The van der Waals surface area contributed by atoms with Crippen molar-refractivity contribution in [2.24, 2.45) is 0 Å². The van der Waals surface area contributed by atoms with Crippen LogP contribution in [0, 0.1) is 0 Å². The Morgan fingerprint density at radius 1 is 1.29 bits per heavy atom. The summed E-state index contributed by atoms with van der Waals surface area (Å²) in [5.74, 6) is 0.934. The summed E-state index contributed by atoms with van der Waals surface area (Å²) < 4.78 is 5.21. The molecule has 0 radical (unpaired) electrons. The van der Waals surface area contributed by atoms with Gasteiger partial charge in [-0.3, -0.25) is 0 Å². The SMILES string of the molecule is COc1cccc(CNCCN2CCCC2)c1. The van der Waals surface area contributed by atoms with Gasteiger partial charge in [-0.25, -0.2) is 0 Å². The van der Waals surface area contributed by atoms with Gasteiger partial charge >= 0.3 is 0 Å². The molecule has 1 aromatic rings. The summed E-state index contributed by atoms with van der Waals surface area (Å²) >= 11 is 0. The van der Waals surface area contributed by atoms with E-state index in [1.165, 1.54) is 38.0 Å². The van der Waals surface area contributed by atoms with Crippen molar-refractivity contribution in [3.8, 4) is 5.75 Å². The molecule has 0 unspecified atom stereocenters. The molecule has 1 aliphatic heterocycles. The molecule has 0 aromatic heterocycles. The lowest BCUT2D eigenvalue weighted by Gasteiger charge is -2.14. The average molecular weight is 234 g/mol. The van der Waals surface area contributed by atoms with Crippen LogP contribution in [0.1, 0.15) is 18.4 Å². The second-order valence-electron chi connectivity index (χ2n) is 4.58. The molecule has 0 amide bonds. The van der Waals surface area contributed by atoms with E-state index in [1.807, 2.05) is 12.1 Å². The van der Waals surface area contributed by atoms with Crippen LogP contribution in [0.4, 0.5) is 0 Å². The molecule has 1 fully saturated rings. The Kier molecular flexibility index (Phi) is 4.83. The summed E-state index contributed by atoms with van der Waals surface area (Å²) in [6, 6.07) is 8.23. The summed E-state index contributed by atoms with van der Waals surface area (Å²) in [6.07, 6.45) is 2.74. The van der Waals surface area contributed by atoms with Crippen molar-refractivity contribution in [1.82, 2.24) is 10.2 Å². The zero-order valence-corrected chi connectivity index (χ0v) is 10.6. The van der Waals surface area contributed by atoms with Crippen molar-refractivity contribution in [2.45, 2.75) is 19.4 Å². The molecule has 1 aromatic carbocycles. The van der Waals surface area contributed by atoms with Gasteiger partial charge < -0.3 is 15.0 Å². The first kappa shape index (κ1) is 12.4. The third kappa shape index (κ3) is 4.02. The summed E-state index contributed by atoms with van der Waals surface area (Å²) in [5.41, 5.74) is 1.28. The van der Waals surface area contributed by atoms with Gasteiger partial charge in [0.1, 0.15) is 5.75 Å². The Balaban J connectivity index is 1.66. The van der Waals surface area contributed by atoms with Crippen LogP contribution >= 0.6 is 0 Å². The quantitative estimate of drug-likeness (QED) is 0.761. The van der Waals surface area contributed by atoms with Gasteiger partial charge in [0.05, 0.1) is 7.11 Å². The first-order valence-electron chi connectivity index (χ1n) is 6.44. The van der Waals surface area contributed by atoms with Crippen molar-refractivity contribution in [2.75, 3.05) is 33.3 Å². The van der Waals surface area contributed by atoms with Crippen LogP contribution in [0.2, 0.25) is 0 Å². The van der Waals surface area contributed by atoms with Gasteiger partial charge in [0.25, 0.3) is 0 Å². The lowest BCUT2D eigenvalue weighted by Crippen LogP contribution is -2.29. The molecule has 1 N–H and O–H groups in total. The Labute approximate surface area is 104 Å². The number of benzene rings is 1. The van der Waals surface area contributed by atoms with E-state index in [0.717, 1.165) is 18.8 Å². The molecule has 3 nitrogen and oxygen atoms in total. The van der Waals surface area contributed by atoms with Crippen molar-refractivity contribution in [1.29, 1.82) is 0 Å². The number of hydrogen-bond acceptors (Lipinski definition) is 3. The highest BCUT2D eigenvalue weighted by Gasteiger charge is 2.09. The minimum Gasteiger partial charge on any atom is -0.497 e. The smallest absolute Gasteiger partial charge is 0.119 e. The van der Waals surface area contributed by atoms with E-state index >= 15 is 0 Å². The van der Waals surface area contributed by atoms with Crippen LogP contribution in [0.15, 0.2) is 24.3 Å². The van der Waals surface area contributed by atoms with Gasteiger partial charge in [-0.05, 0) is 43.6 Å². The number of nitrogens with one attached hydrogen (secondary N) is 1. The molecule has 2 rings (SSSR count). The molecule has 0 atom stereocenters. The third-order valence-electron chi connectivity index (χ3n) is 3.27. The fourth-order valence-corrected chi connectivity index (χ4v) is 2.26. The maximum atomic E-state index is 5.21. The first-order valence-corrected chi connectivity index (χ1v) is 6.44. The van der Waals surface area contributed by atoms with Crippen molar-refractivity contribution in [3.63, 3.8) is 0 Å². The van der Waals surface area contributed by atoms with E-state index in [2.05, 4.69) is 22.3 Å². The molecule has 17 heavy (non-hydrogen) atoms. The summed E-state index contributed by atoms with van der Waals surface area (Å²) in [6.45, 7) is 5.72. The number of nitrogens with zero attached hydrogens (tertiary/aromatic N) is 1. The standard InChI is InChI=1S/C14H22N2O/c1-17-14-6-4-5-13(11-14)12-15-7-10-16-8-2-3-9-16/h4-6,11,15H,2-3,7-10,12H2,1H3. The van der Waals surface area contributed by atoms with Crippen molar-refractivity contribution in [3.05, 3.63) is 29.8 Å². The first-order chi connectivity index (χ1) is 8.38. The second kappa shape index (κ2) is 6.62. The normalized spacial score (nSPS) is 16.3. The minimum absolute atomic E-state index is 0.922. The van der Waals surface area contributed by atoms with E-state index in [1.54, 1.807) is 7.11 Å². The molecule has 1 aliphatic rings. The Hall–Kier alpha value is -1.06. The fraction of sp³-hybridized carbons (Fsp3) is 0.571. The summed E-state index contributed by atoms with van der Waals surface area (Å²) in [4.78, 5) is 2.53. The highest BCUT2D eigenvalue weighted by molar-refractivity contribution is 5.28. The molecule has 0 bridgehead atoms. The summed E-state index contributed by atoms with van der Waals surface area (Å²) in [5, 5.41) is 3.48. The predicted molar refractivity (Wildman–Crippen MR) is 70.4 cm³/mol. The molecule has 1 heterocycles.